The smallest absolute Gasteiger partial charge is 0.280 e. The summed E-state index contributed by atoms with van der Waals surface area (Å²) in [6.45, 7) is 1.37. The SMILES string of the molecule is FC(F)c1cc(N2CCCC(Oc3ccc(C4CC4)cn3)C2)ncn1. The van der Waals surface area contributed by atoms with Crippen molar-refractivity contribution in [3.8, 4) is 5.88 Å². The molecule has 1 saturated carbocycles. The summed E-state index contributed by atoms with van der Waals surface area (Å²) >= 11 is 0. The zero-order valence-electron chi connectivity index (χ0n) is 13.8. The first kappa shape index (κ1) is 16.2. The molecule has 25 heavy (non-hydrogen) atoms. The zero-order chi connectivity index (χ0) is 17.2. The van der Waals surface area contributed by atoms with Crippen LogP contribution in [-0.4, -0.2) is 34.1 Å². The summed E-state index contributed by atoms with van der Waals surface area (Å²) < 4.78 is 31.7. The molecule has 1 saturated heterocycles. The van der Waals surface area contributed by atoms with Crippen molar-refractivity contribution in [2.75, 3.05) is 18.0 Å². The Morgan fingerprint density at radius 1 is 1.12 bits per heavy atom. The van der Waals surface area contributed by atoms with Gasteiger partial charge in [0.25, 0.3) is 6.43 Å². The van der Waals surface area contributed by atoms with Crippen LogP contribution in [0.15, 0.2) is 30.7 Å². The zero-order valence-corrected chi connectivity index (χ0v) is 13.8. The van der Waals surface area contributed by atoms with Gasteiger partial charge in [0.15, 0.2) is 0 Å². The molecule has 0 radical (unpaired) electrons. The van der Waals surface area contributed by atoms with Gasteiger partial charge in [-0.15, -0.1) is 0 Å². The minimum Gasteiger partial charge on any atom is -0.472 e. The first-order chi connectivity index (χ1) is 12.2. The molecule has 7 heteroatoms. The van der Waals surface area contributed by atoms with Gasteiger partial charge in [-0.25, -0.2) is 23.7 Å². The number of aromatic nitrogens is 3. The lowest BCUT2D eigenvalue weighted by Crippen LogP contribution is -2.41. The van der Waals surface area contributed by atoms with E-state index < -0.39 is 6.43 Å². The molecule has 5 nitrogen and oxygen atoms in total. The summed E-state index contributed by atoms with van der Waals surface area (Å²) in [5.41, 5.74) is 1.03. The highest BCUT2D eigenvalue weighted by atomic mass is 19.3. The highest BCUT2D eigenvalue weighted by molar-refractivity contribution is 5.40. The van der Waals surface area contributed by atoms with Crippen LogP contribution < -0.4 is 9.64 Å². The van der Waals surface area contributed by atoms with Crippen LogP contribution in [0.5, 0.6) is 5.88 Å². The number of ether oxygens (including phenoxy) is 1. The molecule has 132 valence electrons. The third kappa shape index (κ3) is 3.86. The molecule has 4 rings (SSSR count). The molecule has 0 aromatic carbocycles. The van der Waals surface area contributed by atoms with Gasteiger partial charge in [0.05, 0.1) is 6.54 Å². The third-order valence-corrected chi connectivity index (χ3v) is 4.69. The van der Waals surface area contributed by atoms with Crippen LogP contribution in [0.2, 0.25) is 0 Å². The van der Waals surface area contributed by atoms with Gasteiger partial charge >= 0.3 is 0 Å². The fourth-order valence-electron chi connectivity index (χ4n) is 3.19. The summed E-state index contributed by atoms with van der Waals surface area (Å²) in [5.74, 6) is 1.82. The van der Waals surface area contributed by atoms with Gasteiger partial charge < -0.3 is 9.64 Å². The van der Waals surface area contributed by atoms with Crippen molar-refractivity contribution in [1.29, 1.82) is 0 Å². The first-order valence-corrected chi connectivity index (χ1v) is 8.66. The Hall–Kier alpha value is -2.31. The van der Waals surface area contributed by atoms with E-state index in [0.29, 0.717) is 24.2 Å². The number of nitrogens with zero attached hydrogens (tertiary/aromatic N) is 4. The molecule has 0 amide bonds. The maximum Gasteiger partial charge on any atom is 0.280 e. The molecule has 0 spiro atoms. The number of halogens is 2. The standard InChI is InChI=1S/C18H20F2N4O/c19-18(20)15-8-16(23-11-22-15)24-7-1-2-14(10-24)25-17-6-5-13(9-21-17)12-3-4-12/h5-6,8-9,11-12,14,18H,1-4,7,10H2. The minimum absolute atomic E-state index is 0.0296. The normalized spacial score (nSPS) is 20.8. The second kappa shape index (κ2) is 6.90. The maximum absolute atomic E-state index is 12.8. The molecule has 2 aromatic heterocycles. The second-order valence-corrected chi connectivity index (χ2v) is 6.63. The van der Waals surface area contributed by atoms with E-state index in [-0.39, 0.29) is 11.8 Å². The fraction of sp³-hybridized carbons (Fsp3) is 0.500. The Morgan fingerprint density at radius 3 is 2.72 bits per heavy atom. The highest BCUT2D eigenvalue weighted by Gasteiger charge is 2.25. The molecule has 2 aromatic rings. The highest BCUT2D eigenvalue weighted by Crippen LogP contribution is 2.39. The van der Waals surface area contributed by atoms with E-state index in [1.807, 2.05) is 17.2 Å². The molecule has 1 unspecified atom stereocenters. The Labute approximate surface area is 145 Å². The van der Waals surface area contributed by atoms with Crippen LogP contribution in [0.25, 0.3) is 0 Å². The number of piperidine rings is 1. The van der Waals surface area contributed by atoms with Gasteiger partial charge in [0.1, 0.15) is 23.9 Å². The van der Waals surface area contributed by atoms with E-state index in [4.69, 9.17) is 4.74 Å². The molecule has 0 bridgehead atoms. The van der Waals surface area contributed by atoms with E-state index in [2.05, 4.69) is 21.0 Å². The van der Waals surface area contributed by atoms with Crippen molar-refractivity contribution in [1.82, 2.24) is 15.0 Å². The molecular formula is C18H20F2N4O. The van der Waals surface area contributed by atoms with Crippen molar-refractivity contribution >= 4 is 5.82 Å². The Kier molecular flexibility index (Phi) is 4.46. The molecular weight excluding hydrogens is 326 g/mol. The monoisotopic (exact) mass is 346 g/mol. The number of pyridine rings is 1. The quantitative estimate of drug-likeness (QED) is 0.826. The number of hydrogen-bond donors (Lipinski definition) is 0. The van der Waals surface area contributed by atoms with Crippen LogP contribution in [0.4, 0.5) is 14.6 Å². The van der Waals surface area contributed by atoms with Crippen molar-refractivity contribution in [3.05, 3.63) is 42.0 Å². The first-order valence-electron chi connectivity index (χ1n) is 8.66. The minimum atomic E-state index is -2.59. The Balaban J connectivity index is 1.41. The van der Waals surface area contributed by atoms with Crippen molar-refractivity contribution in [2.45, 2.75) is 44.1 Å². The molecule has 2 aliphatic rings. The van der Waals surface area contributed by atoms with E-state index in [9.17, 15) is 8.78 Å². The van der Waals surface area contributed by atoms with E-state index >= 15 is 0 Å². The topological polar surface area (TPSA) is 51.1 Å². The fourth-order valence-corrected chi connectivity index (χ4v) is 3.19. The van der Waals surface area contributed by atoms with E-state index in [1.54, 1.807) is 0 Å². The Morgan fingerprint density at radius 2 is 2.00 bits per heavy atom. The largest absolute Gasteiger partial charge is 0.472 e. The summed E-state index contributed by atoms with van der Waals surface area (Å²) in [6, 6.07) is 5.36. The Bertz CT molecular complexity index is 721. The lowest BCUT2D eigenvalue weighted by atomic mass is 10.1. The lowest BCUT2D eigenvalue weighted by molar-refractivity contribution is 0.146. The molecule has 1 atom stereocenters. The third-order valence-electron chi connectivity index (χ3n) is 4.69. The number of hydrogen-bond acceptors (Lipinski definition) is 5. The van der Waals surface area contributed by atoms with Gasteiger partial charge in [0.2, 0.25) is 5.88 Å². The predicted molar refractivity (Wildman–Crippen MR) is 89.1 cm³/mol. The van der Waals surface area contributed by atoms with Gasteiger partial charge in [-0.3, -0.25) is 0 Å². The molecule has 1 aliphatic heterocycles. The summed E-state index contributed by atoms with van der Waals surface area (Å²) in [4.78, 5) is 14.1. The molecule has 3 heterocycles. The van der Waals surface area contributed by atoms with Crippen LogP contribution in [0.3, 0.4) is 0 Å². The lowest BCUT2D eigenvalue weighted by Gasteiger charge is -2.33. The predicted octanol–water partition coefficient (Wildman–Crippen LogP) is 3.73. The molecule has 1 aliphatic carbocycles. The van der Waals surface area contributed by atoms with Crippen LogP contribution >= 0.6 is 0 Å². The van der Waals surface area contributed by atoms with Crippen molar-refractivity contribution < 1.29 is 13.5 Å². The van der Waals surface area contributed by atoms with Crippen LogP contribution in [0.1, 0.15) is 49.3 Å². The van der Waals surface area contributed by atoms with Gasteiger partial charge in [-0.2, -0.15) is 0 Å². The number of rotatable bonds is 5. The van der Waals surface area contributed by atoms with Gasteiger partial charge in [-0.1, -0.05) is 6.07 Å². The second-order valence-electron chi connectivity index (χ2n) is 6.63. The number of anilines is 1. The molecule has 0 N–H and O–H groups in total. The maximum atomic E-state index is 12.8. The van der Waals surface area contributed by atoms with Crippen molar-refractivity contribution in [3.63, 3.8) is 0 Å². The average molecular weight is 346 g/mol. The summed E-state index contributed by atoms with van der Waals surface area (Å²) in [5, 5.41) is 0. The summed E-state index contributed by atoms with van der Waals surface area (Å²) in [7, 11) is 0. The molecule has 2 fully saturated rings. The van der Waals surface area contributed by atoms with E-state index in [0.717, 1.165) is 19.4 Å². The van der Waals surface area contributed by atoms with Crippen molar-refractivity contribution in [2.24, 2.45) is 0 Å². The van der Waals surface area contributed by atoms with Crippen LogP contribution in [-0.2, 0) is 0 Å². The average Bonchev–Trinajstić information content (AvgIpc) is 3.48. The summed E-state index contributed by atoms with van der Waals surface area (Å²) in [6.07, 6.45) is 4.80. The van der Waals surface area contributed by atoms with Gasteiger partial charge in [-0.05, 0) is 37.2 Å². The van der Waals surface area contributed by atoms with Crippen LogP contribution in [0, 0.1) is 0 Å². The number of alkyl halides is 2. The van der Waals surface area contributed by atoms with E-state index in [1.165, 1.54) is 30.8 Å². The van der Waals surface area contributed by atoms with Gasteiger partial charge in [0, 0.05) is 24.9 Å².